The molecule has 1 aromatic rings. The molecule has 5 heteroatoms. The number of benzene rings is 1. The minimum atomic E-state index is -0.263. The van der Waals surface area contributed by atoms with Crippen molar-refractivity contribution in [3.63, 3.8) is 0 Å². The van der Waals surface area contributed by atoms with E-state index in [1.54, 1.807) is 0 Å². The molecule has 0 amide bonds. The van der Waals surface area contributed by atoms with E-state index in [2.05, 4.69) is 13.8 Å². The molecule has 5 rings (SSSR count). The largest absolute Gasteiger partial charge is 0.489 e. The maximum absolute atomic E-state index is 11.2. The molecule has 2 aliphatic carbocycles. The van der Waals surface area contributed by atoms with E-state index in [4.69, 9.17) is 25.8 Å². The van der Waals surface area contributed by atoms with Gasteiger partial charge in [0.25, 0.3) is 0 Å². The van der Waals surface area contributed by atoms with Crippen LogP contribution in [-0.2, 0) is 4.74 Å². The number of hydrogen-bond acceptors (Lipinski definition) is 4. The lowest BCUT2D eigenvalue weighted by Gasteiger charge is -2.51. The quantitative estimate of drug-likeness (QED) is 0.788. The molecule has 142 valence electrons. The summed E-state index contributed by atoms with van der Waals surface area (Å²) in [5.41, 5.74) is 1.04. The molecular formula is C21H27ClO4. The van der Waals surface area contributed by atoms with Crippen molar-refractivity contribution in [2.45, 2.75) is 51.7 Å². The number of aliphatic hydroxyl groups is 1. The molecule has 1 saturated heterocycles. The molecule has 3 fully saturated rings. The van der Waals surface area contributed by atoms with Crippen molar-refractivity contribution in [2.75, 3.05) is 19.8 Å². The summed E-state index contributed by atoms with van der Waals surface area (Å²) in [5, 5.41) is 11.7. The van der Waals surface area contributed by atoms with Crippen LogP contribution in [0.1, 0.15) is 51.2 Å². The maximum atomic E-state index is 11.2. The summed E-state index contributed by atoms with van der Waals surface area (Å²) >= 11 is 6.52. The molecule has 1 N–H and O–H groups in total. The lowest BCUT2D eigenvalue weighted by molar-refractivity contribution is -0.164. The van der Waals surface area contributed by atoms with Gasteiger partial charge in [-0.3, -0.25) is 0 Å². The minimum Gasteiger partial charge on any atom is -0.489 e. The Morgan fingerprint density at radius 2 is 1.96 bits per heavy atom. The van der Waals surface area contributed by atoms with Crippen molar-refractivity contribution in [3.05, 3.63) is 22.7 Å². The first kappa shape index (κ1) is 17.2. The van der Waals surface area contributed by atoms with E-state index in [9.17, 15) is 5.11 Å². The first-order chi connectivity index (χ1) is 12.4. The summed E-state index contributed by atoms with van der Waals surface area (Å²) in [6, 6.07) is 4.02. The molecule has 2 aliphatic heterocycles. The van der Waals surface area contributed by atoms with Crippen molar-refractivity contribution in [3.8, 4) is 11.5 Å². The highest BCUT2D eigenvalue weighted by atomic mass is 35.5. The zero-order chi connectivity index (χ0) is 18.1. The predicted molar refractivity (Wildman–Crippen MR) is 98.8 cm³/mol. The summed E-state index contributed by atoms with van der Waals surface area (Å²) in [6.07, 6.45) is 3.74. The van der Waals surface area contributed by atoms with Gasteiger partial charge in [0.05, 0.1) is 30.4 Å². The number of rotatable bonds is 1. The molecule has 2 bridgehead atoms. The Balaban J connectivity index is 1.52. The number of halogens is 1. The van der Waals surface area contributed by atoms with Gasteiger partial charge in [-0.05, 0) is 54.2 Å². The molecule has 0 radical (unpaired) electrons. The van der Waals surface area contributed by atoms with Crippen LogP contribution in [0.4, 0.5) is 0 Å². The van der Waals surface area contributed by atoms with Gasteiger partial charge in [0.1, 0.15) is 0 Å². The topological polar surface area (TPSA) is 47.9 Å². The highest BCUT2D eigenvalue weighted by Gasteiger charge is 2.68. The van der Waals surface area contributed by atoms with Gasteiger partial charge in [-0.1, -0.05) is 25.4 Å². The summed E-state index contributed by atoms with van der Waals surface area (Å²) in [5.74, 6) is 2.26. The third kappa shape index (κ3) is 2.22. The lowest BCUT2D eigenvalue weighted by atomic mass is 9.60. The van der Waals surface area contributed by atoms with Crippen LogP contribution in [0.25, 0.3) is 0 Å². The van der Waals surface area contributed by atoms with Crippen LogP contribution in [0.5, 0.6) is 11.5 Å². The third-order valence-corrected chi connectivity index (χ3v) is 7.87. The summed E-state index contributed by atoms with van der Waals surface area (Å²) in [6.45, 7) is 6.40. The Hall–Kier alpha value is -0.970. The number of fused-ring (bicyclic) bond motifs is 2. The third-order valence-electron chi connectivity index (χ3n) is 7.59. The van der Waals surface area contributed by atoms with E-state index in [1.165, 1.54) is 0 Å². The molecule has 1 aromatic carbocycles. The van der Waals surface area contributed by atoms with Gasteiger partial charge >= 0.3 is 0 Å². The first-order valence-corrected chi connectivity index (χ1v) is 10.2. The van der Waals surface area contributed by atoms with Crippen LogP contribution in [0, 0.1) is 22.7 Å². The Labute approximate surface area is 159 Å². The molecule has 4 nitrogen and oxygen atoms in total. The Morgan fingerprint density at radius 1 is 1.15 bits per heavy atom. The second-order valence-electron chi connectivity index (χ2n) is 9.12. The number of aliphatic hydroxyl groups excluding tert-OH is 1. The second-order valence-corrected chi connectivity index (χ2v) is 9.53. The molecule has 0 aromatic heterocycles. The molecular weight excluding hydrogens is 352 g/mol. The van der Waals surface area contributed by atoms with Crippen LogP contribution in [0.2, 0.25) is 5.02 Å². The van der Waals surface area contributed by atoms with Gasteiger partial charge in [-0.25, -0.2) is 0 Å². The monoisotopic (exact) mass is 378 g/mol. The zero-order valence-corrected chi connectivity index (χ0v) is 16.2. The van der Waals surface area contributed by atoms with Crippen molar-refractivity contribution in [2.24, 2.45) is 22.7 Å². The van der Waals surface area contributed by atoms with E-state index in [-0.39, 0.29) is 23.0 Å². The van der Waals surface area contributed by atoms with Crippen LogP contribution in [0.3, 0.4) is 0 Å². The fraction of sp³-hybridized carbons (Fsp3) is 0.714. The number of ether oxygens (including phenoxy) is 3. The average Bonchev–Trinajstić information content (AvgIpc) is 2.96. The molecule has 4 aliphatic rings. The van der Waals surface area contributed by atoms with Crippen LogP contribution < -0.4 is 9.47 Å². The van der Waals surface area contributed by atoms with Crippen LogP contribution in [0.15, 0.2) is 12.1 Å². The molecule has 1 unspecified atom stereocenters. The fourth-order valence-corrected chi connectivity index (χ4v) is 6.44. The molecule has 1 spiro atoms. The smallest absolute Gasteiger partial charge is 0.179 e. The van der Waals surface area contributed by atoms with E-state index in [0.717, 1.165) is 37.0 Å². The first-order valence-electron chi connectivity index (χ1n) is 9.82. The SMILES string of the molecule is CC1(C)[C@@H]2C[C@@H]3[C@@H](c4cc(Cl)c5c(c4)OCCCO5)OCCC3(C2)[C@@H]1O. The Kier molecular flexibility index (Phi) is 3.80. The van der Waals surface area contributed by atoms with Gasteiger partial charge in [0.15, 0.2) is 11.5 Å². The van der Waals surface area contributed by atoms with Crippen LogP contribution >= 0.6 is 11.6 Å². The van der Waals surface area contributed by atoms with Crippen molar-refractivity contribution < 1.29 is 19.3 Å². The number of hydrogen-bond donors (Lipinski definition) is 1. The zero-order valence-electron chi connectivity index (χ0n) is 15.5. The van der Waals surface area contributed by atoms with Gasteiger partial charge in [0, 0.05) is 18.4 Å². The van der Waals surface area contributed by atoms with Gasteiger partial charge in [-0.15, -0.1) is 0 Å². The summed E-state index contributed by atoms with van der Waals surface area (Å²) < 4.78 is 17.9. The lowest BCUT2D eigenvalue weighted by Crippen LogP contribution is -2.51. The van der Waals surface area contributed by atoms with E-state index in [1.807, 2.05) is 12.1 Å². The second kappa shape index (κ2) is 5.76. The molecule has 5 atom stereocenters. The van der Waals surface area contributed by atoms with Crippen molar-refractivity contribution >= 4 is 11.6 Å². The van der Waals surface area contributed by atoms with Gasteiger partial charge < -0.3 is 19.3 Å². The van der Waals surface area contributed by atoms with Gasteiger partial charge in [-0.2, -0.15) is 0 Å². The van der Waals surface area contributed by atoms with Crippen LogP contribution in [-0.4, -0.2) is 31.0 Å². The highest BCUT2D eigenvalue weighted by molar-refractivity contribution is 6.32. The molecule has 2 saturated carbocycles. The molecule has 2 heterocycles. The Bertz CT molecular complexity index is 733. The Morgan fingerprint density at radius 3 is 2.77 bits per heavy atom. The van der Waals surface area contributed by atoms with Gasteiger partial charge in [0.2, 0.25) is 0 Å². The van der Waals surface area contributed by atoms with E-state index in [0.29, 0.717) is 42.4 Å². The standard InChI is InChI=1S/C21H27ClO4/c1-20(2)13-10-14-17(26-7-4-21(14,11-13)19(20)23)12-8-15(22)18-16(9-12)24-5-3-6-25-18/h8-9,13-14,17,19,23H,3-7,10-11H2,1-2H3/t13-,14-,17-,19-,21?/m1/s1. The van der Waals surface area contributed by atoms with Crippen molar-refractivity contribution in [1.82, 2.24) is 0 Å². The molecule has 26 heavy (non-hydrogen) atoms. The maximum Gasteiger partial charge on any atom is 0.179 e. The van der Waals surface area contributed by atoms with Crippen molar-refractivity contribution in [1.29, 1.82) is 0 Å². The van der Waals surface area contributed by atoms with E-state index >= 15 is 0 Å². The summed E-state index contributed by atoms with van der Waals surface area (Å²) in [7, 11) is 0. The predicted octanol–water partition coefficient (Wildman–Crippen LogP) is 4.38. The fourth-order valence-electron chi connectivity index (χ4n) is 6.16. The normalized spacial score (nSPS) is 40.2. The summed E-state index contributed by atoms with van der Waals surface area (Å²) in [4.78, 5) is 0. The average molecular weight is 379 g/mol. The van der Waals surface area contributed by atoms with E-state index < -0.39 is 0 Å². The minimum absolute atomic E-state index is 0.000750. The highest BCUT2D eigenvalue weighted by Crippen LogP contribution is 2.70.